The first-order chi connectivity index (χ1) is 13.1. The van der Waals surface area contributed by atoms with Gasteiger partial charge in [0.25, 0.3) is 0 Å². The lowest BCUT2D eigenvalue weighted by molar-refractivity contribution is 0.287. The number of nitrogens with zero attached hydrogens (tertiary/aromatic N) is 3. The number of hydrogen-bond donors (Lipinski definition) is 2. The normalized spacial score (nSPS) is 15.8. The summed E-state index contributed by atoms with van der Waals surface area (Å²) in [7, 11) is 0. The molecule has 1 aliphatic heterocycles. The van der Waals surface area contributed by atoms with Crippen LogP contribution in [0.4, 0.5) is 5.95 Å². The number of halogens is 2. The Morgan fingerprint density at radius 2 is 2.00 bits per heavy atom. The number of aliphatic hydroxyl groups is 1. The van der Waals surface area contributed by atoms with Crippen molar-refractivity contribution in [1.82, 2.24) is 14.8 Å². The number of nitrogens with one attached hydrogen (secondary N) is 1. The predicted molar refractivity (Wildman–Crippen MR) is 111 cm³/mol. The van der Waals surface area contributed by atoms with Crippen LogP contribution in [0.1, 0.15) is 29.4 Å². The van der Waals surface area contributed by atoms with Crippen LogP contribution in [0.5, 0.6) is 0 Å². The first-order valence-electron chi connectivity index (χ1n) is 8.70. The molecule has 2 N–H and O–H groups in total. The van der Waals surface area contributed by atoms with E-state index in [1.165, 1.54) is 0 Å². The quantitative estimate of drug-likeness (QED) is 0.599. The van der Waals surface area contributed by atoms with Crippen molar-refractivity contribution in [3.05, 3.63) is 81.1 Å². The largest absolute Gasteiger partial charge is 0.396 e. The monoisotopic (exact) mass is 444 g/mol. The van der Waals surface area contributed by atoms with E-state index in [1.807, 2.05) is 41.1 Å². The van der Waals surface area contributed by atoms with E-state index in [1.54, 1.807) is 0 Å². The summed E-state index contributed by atoms with van der Waals surface area (Å²) in [6.07, 6.45) is 3.40. The molecule has 1 aromatic heterocycles. The summed E-state index contributed by atoms with van der Waals surface area (Å²) >= 11 is 9.70. The van der Waals surface area contributed by atoms with Gasteiger partial charge in [-0.25, -0.2) is 4.68 Å². The van der Waals surface area contributed by atoms with Crippen LogP contribution in [0, 0.1) is 0 Å². The third kappa shape index (κ3) is 3.93. The van der Waals surface area contributed by atoms with E-state index in [-0.39, 0.29) is 12.6 Å². The van der Waals surface area contributed by atoms with Crippen molar-refractivity contribution in [3.63, 3.8) is 0 Å². The molecule has 0 bridgehead atoms. The maximum Gasteiger partial charge on any atom is 0.226 e. The molecule has 2 aromatic carbocycles. The minimum absolute atomic E-state index is 0.117. The molecule has 4 rings (SSSR count). The van der Waals surface area contributed by atoms with Gasteiger partial charge >= 0.3 is 0 Å². The van der Waals surface area contributed by atoms with Crippen molar-refractivity contribution in [2.24, 2.45) is 0 Å². The SMILES string of the molecule is OCCCc1nc2n(n1)C(c1cccc(Cl)c1)C=C(c1ccc(Br)cc1)N2. The minimum Gasteiger partial charge on any atom is -0.396 e. The van der Waals surface area contributed by atoms with Gasteiger partial charge in [0.15, 0.2) is 5.82 Å². The molecule has 0 radical (unpaired) electrons. The van der Waals surface area contributed by atoms with Gasteiger partial charge < -0.3 is 10.4 Å². The van der Waals surface area contributed by atoms with E-state index in [2.05, 4.69) is 49.5 Å². The Balaban J connectivity index is 1.77. The van der Waals surface area contributed by atoms with Crippen molar-refractivity contribution in [1.29, 1.82) is 0 Å². The van der Waals surface area contributed by atoms with E-state index in [4.69, 9.17) is 16.7 Å². The van der Waals surface area contributed by atoms with Gasteiger partial charge in [-0.1, -0.05) is 51.8 Å². The van der Waals surface area contributed by atoms with Gasteiger partial charge in [0.2, 0.25) is 5.95 Å². The molecule has 1 aliphatic rings. The molecule has 1 atom stereocenters. The van der Waals surface area contributed by atoms with Gasteiger partial charge in [0.05, 0.1) is 0 Å². The van der Waals surface area contributed by atoms with E-state index >= 15 is 0 Å². The molecular weight excluding hydrogens is 428 g/mol. The van der Waals surface area contributed by atoms with Crippen LogP contribution in [0.25, 0.3) is 5.70 Å². The number of benzene rings is 2. The maximum absolute atomic E-state index is 9.10. The Morgan fingerprint density at radius 1 is 1.19 bits per heavy atom. The average molecular weight is 446 g/mol. The lowest BCUT2D eigenvalue weighted by atomic mass is 10.0. The molecule has 0 spiro atoms. The Kier molecular flexibility index (Phi) is 5.29. The van der Waals surface area contributed by atoms with E-state index < -0.39 is 0 Å². The number of aliphatic hydroxyl groups excluding tert-OH is 1. The zero-order chi connectivity index (χ0) is 18.8. The lowest BCUT2D eigenvalue weighted by Crippen LogP contribution is -2.20. The molecule has 5 nitrogen and oxygen atoms in total. The first kappa shape index (κ1) is 18.2. The second-order valence-corrected chi connectivity index (χ2v) is 7.69. The minimum atomic E-state index is -0.117. The summed E-state index contributed by atoms with van der Waals surface area (Å²) in [5.74, 6) is 1.40. The van der Waals surface area contributed by atoms with Crippen LogP contribution in [0.3, 0.4) is 0 Å². The molecular formula is C20H18BrClN4O. The molecule has 2 heterocycles. The van der Waals surface area contributed by atoms with Crippen molar-refractivity contribution in [2.45, 2.75) is 18.9 Å². The summed E-state index contributed by atoms with van der Waals surface area (Å²) in [4.78, 5) is 4.63. The van der Waals surface area contributed by atoms with Crippen LogP contribution in [-0.2, 0) is 6.42 Å². The summed E-state index contributed by atoms with van der Waals surface area (Å²) in [6, 6.07) is 15.8. The topological polar surface area (TPSA) is 63.0 Å². The van der Waals surface area contributed by atoms with Crippen LogP contribution in [-0.4, -0.2) is 26.5 Å². The second kappa shape index (κ2) is 7.84. The highest BCUT2D eigenvalue weighted by molar-refractivity contribution is 9.10. The molecule has 138 valence electrons. The van der Waals surface area contributed by atoms with Gasteiger partial charge in [-0.3, -0.25) is 0 Å². The van der Waals surface area contributed by atoms with Crippen LogP contribution in [0.2, 0.25) is 5.02 Å². The summed E-state index contributed by atoms with van der Waals surface area (Å²) < 4.78 is 2.91. The Bertz CT molecular complexity index is 984. The number of fused-ring (bicyclic) bond motifs is 1. The third-order valence-electron chi connectivity index (χ3n) is 4.41. The van der Waals surface area contributed by atoms with E-state index in [9.17, 15) is 0 Å². The van der Waals surface area contributed by atoms with Gasteiger partial charge in [-0.2, -0.15) is 10.1 Å². The fraction of sp³-hybridized carbons (Fsp3) is 0.200. The summed E-state index contributed by atoms with van der Waals surface area (Å²) in [5, 5.41) is 17.8. The molecule has 1 unspecified atom stereocenters. The molecule has 27 heavy (non-hydrogen) atoms. The van der Waals surface area contributed by atoms with Gasteiger partial charge in [-0.05, 0) is 47.9 Å². The molecule has 7 heteroatoms. The van der Waals surface area contributed by atoms with Crippen molar-refractivity contribution < 1.29 is 5.11 Å². The summed E-state index contributed by atoms with van der Waals surface area (Å²) in [5.41, 5.74) is 3.08. The molecule has 0 amide bonds. The highest BCUT2D eigenvalue weighted by atomic mass is 79.9. The van der Waals surface area contributed by atoms with E-state index in [0.29, 0.717) is 29.6 Å². The van der Waals surface area contributed by atoms with E-state index in [0.717, 1.165) is 21.3 Å². The second-order valence-electron chi connectivity index (χ2n) is 6.34. The smallest absolute Gasteiger partial charge is 0.226 e. The predicted octanol–water partition coefficient (Wildman–Crippen LogP) is 4.67. The first-order valence-corrected chi connectivity index (χ1v) is 9.87. The average Bonchev–Trinajstić information content (AvgIpc) is 3.09. The highest BCUT2D eigenvalue weighted by Gasteiger charge is 2.25. The third-order valence-corrected chi connectivity index (χ3v) is 5.18. The number of allylic oxidation sites excluding steroid dienone is 1. The molecule has 0 saturated heterocycles. The molecule has 0 saturated carbocycles. The van der Waals surface area contributed by atoms with Crippen LogP contribution in [0.15, 0.2) is 59.1 Å². The standard InChI is InChI=1S/C20H18BrClN4O/c21-15-8-6-13(7-9-15)17-12-18(14-3-1-4-16(22)11-14)26-20(23-17)24-19(25-26)5-2-10-27/h1,3-4,6-9,11-12,18,27H,2,5,10H2,(H,23,24,25). The van der Waals surface area contributed by atoms with Crippen LogP contribution < -0.4 is 5.32 Å². The lowest BCUT2D eigenvalue weighted by Gasteiger charge is -2.24. The summed E-state index contributed by atoms with van der Waals surface area (Å²) in [6.45, 7) is 0.122. The van der Waals surface area contributed by atoms with Crippen LogP contribution >= 0.6 is 27.5 Å². The zero-order valence-corrected chi connectivity index (χ0v) is 16.8. The van der Waals surface area contributed by atoms with Crippen molar-refractivity contribution >= 4 is 39.2 Å². The highest BCUT2D eigenvalue weighted by Crippen LogP contribution is 2.33. The van der Waals surface area contributed by atoms with Crippen molar-refractivity contribution in [2.75, 3.05) is 11.9 Å². The number of rotatable bonds is 5. The fourth-order valence-corrected chi connectivity index (χ4v) is 3.57. The molecule has 0 aliphatic carbocycles. The van der Waals surface area contributed by atoms with Gasteiger partial charge in [-0.15, -0.1) is 0 Å². The Labute approximate surface area is 170 Å². The van der Waals surface area contributed by atoms with Gasteiger partial charge in [0, 0.05) is 28.2 Å². The number of anilines is 1. The van der Waals surface area contributed by atoms with Crippen molar-refractivity contribution in [3.8, 4) is 0 Å². The number of aryl methyl sites for hydroxylation is 1. The molecule has 3 aromatic rings. The Hall–Kier alpha value is -2.15. The zero-order valence-electron chi connectivity index (χ0n) is 14.4. The number of hydrogen-bond acceptors (Lipinski definition) is 4. The van der Waals surface area contributed by atoms with Gasteiger partial charge in [0.1, 0.15) is 6.04 Å². The Morgan fingerprint density at radius 3 is 2.74 bits per heavy atom. The maximum atomic E-state index is 9.10. The number of aromatic nitrogens is 3. The fourth-order valence-electron chi connectivity index (χ4n) is 3.11. The molecule has 0 fully saturated rings.